The quantitative estimate of drug-likeness (QED) is 0.608. The smallest absolute Gasteiger partial charge is 0.109 e. The van der Waals surface area contributed by atoms with Crippen molar-refractivity contribution in [1.82, 2.24) is 0 Å². The van der Waals surface area contributed by atoms with Crippen molar-refractivity contribution in [1.29, 1.82) is 0 Å². The van der Waals surface area contributed by atoms with Crippen LogP contribution in [0.4, 0.5) is 0 Å². The number of aliphatic hydroxyl groups is 1. The fourth-order valence-corrected chi connectivity index (χ4v) is 1.40. The van der Waals surface area contributed by atoms with Crippen LogP contribution in [0.1, 0.15) is 20.3 Å². The van der Waals surface area contributed by atoms with Crippen molar-refractivity contribution in [2.75, 3.05) is 6.61 Å². The molecule has 3 nitrogen and oxygen atoms in total. The van der Waals surface area contributed by atoms with Gasteiger partial charge >= 0.3 is 0 Å². The third kappa shape index (κ3) is 2.47. The van der Waals surface area contributed by atoms with Crippen LogP contribution in [0, 0.1) is 0 Å². The Morgan fingerprint density at radius 3 is 2.83 bits per heavy atom. The average molecular weight is 170 g/mol. The minimum absolute atomic E-state index is 0.0227. The third-order valence-electron chi connectivity index (χ3n) is 1.86. The zero-order chi connectivity index (χ0) is 9.14. The highest BCUT2D eigenvalue weighted by Crippen LogP contribution is 2.22. The predicted octanol–water partition coefficient (Wildman–Crippen LogP) is 0.0558. The van der Waals surface area contributed by atoms with E-state index in [-0.39, 0.29) is 30.9 Å². The molecule has 3 atom stereocenters. The minimum Gasteiger partial charge on any atom is -0.394 e. The molecule has 0 aliphatic carbocycles. The average Bonchev–Trinajstić information content (AvgIpc) is 2.29. The van der Waals surface area contributed by atoms with Gasteiger partial charge < -0.3 is 14.6 Å². The maximum atomic E-state index is 8.91. The SMILES string of the molecule is [B][C@H]1C[C@@H](OC(C)C)[C@@H](CO)O1. The molecule has 0 amide bonds. The lowest BCUT2D eigenvalue weighted by molar-refractivity contribution is -0.0581. The summed E-state index contributed by atoms with van der Waals surface area (Å²) in [7, 11) is 5.55. The van der Waals surface area contributed by atoms with Crippen LogP contribution in [0.2, 0.25) is 0 Å². The summed E-state index contributed by atoms with van der Waals surface area (Å²) in [6, 6.07) is -0.286. The van der Waals surface area contributed by atoms with Gasteiger partial charge in [-0.15, -0.1) is 0 Å². The largest absolute Gasteiger partial charge is 0.394 e. The molecule has 0 bridgehead atoms. The van der Waals surface area contributed by atoms with E-state index in [0.29, 0.717) is 6.42 Å². The normalized spacial score (nSPS) is 36.2. The van der Waals surface area contributed by atoms with Crippen LogP contribution in [0.3, 0.4) is 0 Å². The van der Waals surface area contributed by atoms with E-state index in [1.54, 1.807) is 0 Å². The van der Waals surface area contributed by atoms with Crippen LogP contribution in [0.5, 0.6) is 0 Å². The Morgan fingerprint density at radius 2 is 2.33 bits per heavy atom. The Kier molecular flexibility index (Phi) is 3.56. The van der Waals surface area contributed by atoms with E-state index in [1.807, 2.05) is 13.8 Å². The summed E-state index contributed by atoms with van der Waals surface area (Å²) < 4.78 is 10.7. The number of hydrogen-bond donors (Lipinski definition) is 1. The Bertz CT molecular complexity index is 140. The van der Waals surface area contributed by atoms with Gasteiger partial charge in [-0.2, -0.15) is 0 Å². The Balaban J connectivity index is 2.40. The molecule has 0 unspecified atom stereocenters. The molecule has 1 rings (SSSR count). The number of rotatable bonds is 3. The van der Waals surface area contributed by atoms with Crippen LogP contribution in [-0.2, 0) is 9.47 Å². The van der Waals surface area contributed by atoms with Gasteiger partial charge in [0, 0.05) is 6.00 Å². The first-order chi connectivity index (χ1) is 5.63. The van der Waals surface area contributed by atoms with Crippen molar-refractivity contribution in [3.05, 3.63) is 0 Å². The van der Waals surface area contributed by atoms with E-state index in [9.17, 15) is 0 Å². The van der Waals surface area contributed by atoms with Gasteiger partial charge in [0.2, 0.25) is 0 Å². The zero-order valence-electron chi connectivity index (χ0n) is 7.56. The Labute approximate surface area is 74.5 Å². The molecule has 1 aliphatic rings. The zero-order valence-corrected chi connectivity index (χ0v) is 7.56. The van der Waals surface area contributed by atoms with Gasteiger partial charge in [-0.05, 0) is 20.3 Å². The second-order valence-electron chi connectivity index (χ2n) is 3.35. The van der Waals surface area contributed by atoms with Crippen molar-refractivity contribution in [2.24, 2.45) is 0 Å². The molecule has 0 saturated carbocycles. The highest BCUT2D eigenvalue weighted by molar-refractivity contribution is 6.11. The van der Waals surface area contributed by atoms with Crippen molar-refractivity contribution in [3.63, 3.8) is 0 Å². The molecule has 0 spiro atoms. The van der Waals surface area contributed by atoms with E-state index < -0.39 is 0 Å². The minimum atomic E-state index is -0.286. The molecule has 12 heavy (non-hydrogen) atoms. The Hall–Kier alpha value is -0.0551. The molecule has 1 aliphatic heterocycles. The molecule has 0 aromatic heterocycles. The van der Waals surface area contributed by atoms with Gasteiger partial charge in [-0.3, -0.25) is 0 Å². The standard InChI is InChI=1S/C8H15BO3/c1-5(2)11-6-3-8(9)12-7(6)4-10/h5-8,10H,3-4H2,1-2H3/t6-,7-,8-/m1/s1. The summed E-state index contributed by atoms with van der Waals surface area (Å²) in [6.45, 7) is 3.89. The van der Waals surface area contributed by atoms with Crippen molar-refractivity contribution in [2.45, 2.75) is 44.6 Å². The molecular formula is C8H15BO3. The number of ether oxygens (including phenoxy) is 2. The molecule has 0 aromatic carbocycles. The van der Waals surface area contributed by atoms with Crippen LogP contribution in [0.25, 0.3) is 0 Å². The first-order valence-corrected chi connectivity index (χ1v) is 4.31. The lowest BCUT2D eigenvalue weighted by Gasteiger charge is -2.19. The topological polar surface area (TPSA) is 38.7 Å². The lowest BCUT2D eigenvalue weighted by Crippen LogP contribution is -2.29. The van der Waals surface area contributed by atoms with Crippen molar-refractivity contribution < 1.29 is 14.6 Å². The fourth-order valence-electron chi connectivity index (χ4n) is 1.40. The summed E-state index contributed by atoms with van der Waals surface area (Å²) in [5.41, 5.74) is 0. The molecule has 4 heteroatoms. The van der Waals surface area contributed by atoms with Gasteiger partial charge in [0.25, 0.3) is 0 Å². The third-order valence-corrected chi connectivity index (χ3v) is 1.86. The number of hydrogen-bond acceptors (Lipinski definition) is 3. The van der Waals surface area contributed by atoms with Crippen molar-refractivity contribution >= 4 is 7.85 Å². The number of aliphatic hydroxyl groups excluding tert-OH is 1. The Morgan fingerprint density at radius 1 is 1.67 bits per heavy atom. The van der Waals surface area contributed by atoms with Crippen LogP contribution in [0.15, 0.2) is 0 Å². The monoisotopic (exact) mass is 170 g/mol. The van der Waals surface area contributed by atoms with Crippen LogP contribution < -0.4 is 0 Å². The summed E-state index contributed by atoms with van der Waals surface area (Å²) >= 11 is 0. The summed E-state index contributed by atoms with van der Waals surface area (Å²) in [5.74, 6) is 0. The van der Waals surface area contributed by atoms with Crippen LogP contribution >= 0.6 is 0 Å². The first kappa shape index (κ1) is 10.0. The molecule has 1 N–H and O–H groups in total. The van der Waals surface area contributed by atoms with E-state index in [4.69, 9.17) is 22.4 Å². The second-order valence-corrected chi connectivity index (χ2v) is 3.35. The molecule has 1 saturated heterocycles. The van der Waals surface area contributed by atoms with Crippen molar-refractivity contribution in [3.8, 4) is 0 Å². The predicted molar refractivity (Wildman–Crippen MR) is 46.1 cm³/mol. The lowest BCUT2D eigenvalue weighted by atomic mass is 9.96. The highest BCUT2D eigenvalue weighted by atomic mass is 16.6. The first-order valence-electron chi connectivity index (χ1n) is 4.31. The molecule has 68 valence electrons. The second kappa shape index (κ2) is 4.26. The summed E-state index contributed by atoms with van der Waals surface area (Å²) in [6.07, 6.45) is 0.522. The molecule has 2 radical (unpaired) electrons. The maximum absolute atomic E-state index is 8.91. The van der Waals surface area contributed by atoms with Gasteiger partial charge in [-0.1, -0.05) is 0 Å². The maximum Gasteiger partial charge on any atom is 0.109 e. The molecular weight excluding hydrogens is 155 g/mol. The van der Waals surface area contributed by atoms with E-state index in [1.165, 1.54) is 0 Å². The highest BCUT2D eigenvalue weighted by Gasteiger charge is 2.33. The van der Waals surface area contributed by atoms with Gasteiger partial charge in [-0.25, -0.2) is 0 Å². The van der Waals surface area contributed by atoms with E-state index in [0.717, 1.165) is 0 Å². The van der Waals surface area contributed by atoms with Gasteiger partial charge in [0.15, 0.2) is 0 Å². The summed E-state index contributed by atoms with van der Waals surface area (Å²) in [5, 5.41) is 8.91. The van der Waals surface area contributed by atoms with E-state index >= 15 is 0 Å². The van der Waals surface area contributed by atoms with E-state index in [2.05, 4.69) is 0 Å². The molecule has 1 fully saturated rings. The summed E-state index contributed by atoms with van der Waals surface area (Å²) in [4.78, 5) is 0. The molecule has 1 heterocycles. The van der Waals surface area contributed by atoms with Crippen LogP contribution in [-0.4, -0.2) is 43.9 Å². The van der Waals surface area contributed by atoms with Gasteiger partial charge in [0.1, 0.15) is 14.0 Å². The molecule has 0 aromatic rings. The van der Waals surface area contributed by atoms with Gasteiger partial charge in [0.05, 0.1) is 18.8 Å². The fraction of sp³-hybridized carbons (Fsp3) is 1.00.